The molecule has 0 radical (unpaired) electrons. The van der Waals surface area contributed by atoms with Gasteiger partial charge in [0.2, 0.25) is 0 Å². The number of benzene rings is 1. The maximum absolute atomic E-state index is 9.46. The van der Waals surface area contributed by atoms with E-state index in [1.165, 1.54) is 0 Å². The third-order valence-corrected chi connectivity index (χ3v) is 4.38. The first-order valence-corrected chi connectivity index (χ1v) is 7.28. The fourth-order valence-corrected chi connectivity index (χ4v) is 2.53. The van der Waals surface area contributed by atoms with Gasteiger partial charge in [-0.3, -0.25) is 0 Å². The lowest BCUT2D eigenvalue weighted by atomic mass is 10.1. The number of aliphatic hydroxyl groups excluding tert-OH is 1. The third kappa shape index (κ3) is 3.68. The normalized spacial score (nSPS) is 21.2. The van der Waals surface area contributed by atoms with Gasteiger partial charge in [0.25, 0.3) is 0 Å². The van der Waals surface area contributed by atoms with Gasteiger partial charge in [-0.1, -0.05) is 17.7 Å². The van der Waals surface area contributed by atoms with Crippen LogP contribution in [0.3, 0.4) is 0 Å². The molecule has 5 heteroatoms. The largest absolute Gasteiger partial charge is 0.394 e. The van der Waals surface area contributed by atoms with Gasteiger partial charge in [0, 0.05) is 17.6 Å². The molecule has 2 rings (SSSR count). The van der Waals surface area contributed by atoms with Crippen molar-refractivity contribution in [3.05, 3.63) is 33.3 Å². The minimum atomic E-state index is -0.0974. The molecule has 0 saturated carbocycles. The first-order valence-electron chi connectivity index (χ1n) is 6.11. The molecule has 3 nitrogen and oxygen atoms in total. The molecule has 1 aromatic carbocycles. The molecule has 100 valence electrons. The van der Waals surface area contributed by atoms with Gasteiger partial charge in [-0.2, -0.15) is 0 Å². The molecule has 1 aromatic rings. The molecule has 18 heavy (non-hydrogen) atoms. The summed E-state index contributed by atoms with van der Waals surface area (Å²) in [6.07, 6.45) is 2.48. The monoisotopic (exact) mass is 333 g/mol. The molecule has 0 amide bonds. The van der Waals surface area contributed by atoms with Crippen LogP contribution in [-0.4, -0.2) is 31.0 Å². The summed E-state index contributed by atoms with van der Waals surface area (Å²) in [5.41, 5.74) is 0.990. The zero-order chi connectivity index (χ0) is 13.0. The van der Waals surface area contributed by atoms with Crippen LogP contribution in [0.25, 0.3) is 0 Å². The summed E-state index contributed by atoms with van der Waals surface area (Å²) in [6, 6.07) is 5.63. The number of hydrogen-bond donors (Lipinski definition) is 2. The molecular formula is C13H17BrClNO2. The van der Waals surface area contributed by atoms with Crippen LogP contribution >= 0.6 is 27.5 Å². The number of nitrogens with one attached hydrogen (secondary N) is 1. The topological polar surface area (TPSA) is 41.5 Å². The Morgan fingerprint density at radius 3 is 3.00 bits per heavy atom. The predicted molar refractivity (Wildman–Crippen MR) is 76.0 cm³/mol. The van der Waals surface area contributed by atoms with Gasteiger partial charge in [-0.15, -0.1) is 0 Å². The second kappa shape index (κ2) is 6.87. The van der Waals surface area contributed by atoms with Crippen molar-refractivity contribution in [2.24, 2.45) is 0 Å². The molecule has 1 aliphatic rings. The summed E-state index contributed by atoms with van der Waals surface area (Å²) in [7, 11) is 0. The average molecular weight is 335 g/mol. The molecule has 1 saturated heterocycles. The van der Waals surface area contributed by atoms with Crippen LogP contribution in [-0.2, 0) is 4.74 Å². The van der Waals surface area contributed by atoms with E-state index in [1.807, 2.05) is 18.2 Å². The maximum Gasteiger partial charge on any atom is 0.0700 e. The molecular weight excluding hydrogens is 318 g/mol. The van der Waals surface area contributed by atoms with Gasteiger partial charge >= 0.3 is 0 Å². The van der Waals surface area contributed by atoms with Gasteiger partial charge in [0.15, 0.2) is 0 Å². The molecule has 1 aliphatic heterocycles. The van der Waals surface area contributed by atoms with Gasteiger partial charge in [0.1, 0.15) is 0 Å². The fourth-order valence-electron chi connectivity index (χ4n) is 2.10. The SMILES string of the molecule is OCC(NCC1CCCO1)c1ccc(Br)c(Cl)c1. The van der Waals surface area contributed by atoms with E-state index >= 15 is 0 Å². The maximum atomic E-state index is 9.46. The summed E-state index contributed by atoms with van der Waals surface area (Å²) >= 11 is 9.42. The van der Waals surface area contributed by atoms with Crippen LogP contribution in [0.5, 0.6) is 0 Å². The zero-order valence-electron chi connectivity index (χ0n) is 10.0. The first kappa shape index (κ1) is 14.3. The van der Waals surface area contributed by atoms with E-state index in [0.717, 1.165) is 36.0 Å². The minimum absolute atomic E-state index is 0.0463. The Labute approximate surface area is 121 Å². The van der Waals surface area contributed by atoms with Crippen LogP contribution in [0, 0.1) is 0 Å². The number of halogens is 2. The van der Waals surface area contributed by atoms with E-state index in [9.17, 15) is 5.11 Å². The second-order valence-electron chi connectivity index (χ2n) is 4.45. The lowest BCUT2D eigenvalue weighted by Crippen LogP contribution is -2.31. The Hall–Kier alpha value is -0.130. The standard InChI is InChI=1S/C13H17BrClNO2/c14-11-4-3-9(6-12(11)15)13(8-17)16-7-10-2-1-5-18-10/h3-4,6,10,13,16-17H,1-2,5,7-8H2. The molecule has 2 atom stereocenters. The summed E-state index contributed by atoms with van der Waals surface area (Å²) in [5.74, 6) is 0. The number of aliphatic hydroxyl groups is 1. The average Bonchev–Trinajstić information content (AvgIpc) is 2.87. The Kier molecular flexibility index (Phi) is 5.45. The number of hydrogen-bond acceptors (Lipinski definition) is 3. The Bertz CT molecular complexity index is 397. The predicted octanol–water partition coefficient (Wildman–Crippen LogP) is 2.90. The van der Waals surface area contributed by atoms with Crippen LogP contribution in [0.4, 0.5) is 0 Å². The second-order valence-corrected chi connectivity index (χ2v) is 5.71. The van der Waals surface area contributed by atoms with E-state index in [1.54, 1.807) is 0 Å². The number of ether oxygens (including phenoxy) is 1. The lowest BCUT2D eigenvalue weighted by Gasteiger charge is -2.19. The van der Waals surface area contributed by atoms with Gasteiger partial charge in [-0.25, -0.2) is 0 Å². The molecule has 2 unspecified atom stereocenters. The highest BCUT2D eigenvalue weighted by Gasteiger charge is 2.18. The van der Waals surface area contributed by atoms with Crippen molar-refractivity contribution < 1.29 is 9.84 Å². The Balaban J connectivity index is 1.96. The van der Waals surface area contributed by atoms with E-state index < -0.39 is 0 Å². The quantitative estimate of drug-likeness (QED) is 0.870. The van der Waals surface area contributed by atoms with Crippen LogP contribution in [0.2, 0.25) is 5.02 Å². The van der Waals surface area contributed by atoms with Crippen LogP contribution in [0.1, 0.15) is 24.4 Å². The van der Waals surface area contributed by atoms with E-state index in [2.05, 4.69) is 21.2 Å². The van der Waals surface area contributed by atoms with E-state index in [-0.39, 0.29) is 18.8 Å². The third-order valence-electron chi connectivity index (χ3n) is 3.14. The van der Waals surface area contributed by atoms with Crippen molar-refractivity contribution in [1.29, 1.82) is 0 Å². The van der Waals surface area contributed by atoms with Crippen molar-refractivity contribution in [2.75, 3.05) is 19.8 Å². The van der Waals surface area contributed by atoms with Crippen molar-refractivity contribution in [3.8, 4) is 0 Å². The lowest BCUT2D eigenvalue weighted by molar-refractivity contribution is 0.104. The fraction of sp³-hybridized carbons (Fsp3) is 0.538. The zero-order valence-corrected chi connectivity index (χ0v) is 12.4. The van der Waals surface area contributed by atoms with Gasteiger partial charge < -0.3 is 15.2 Å². The number of rotatable bonds is 5. The molecule has 2 N–H and O–H groups in total. The molecule has 0 aliphatic carbocycles. The minimum Gasteiger partial charge on any atom is -0.394 e. The summed E-state index contributed by atoms with van der Waals surface area (Å²) in [5, 5.41) is 13.4. The van der Waals surface area contributed by atoms with Crippen molar-refractivity contribution in [1.82, 2.24) is 5.32 Å². The summed E-state index contributed by atoms with van der Waals surface area (Å²) in [6.45, 7) is 1.66. The Morgan fingerprint density at radius 2 is 2.39 bits per heavy atom. The van der Waals surface area contributed by atoms with Gasteiger partial charge in [-0.05, 0) is 46.5 Å². The van der Waals surface area contributed by atoms with E-state index in [4.69, 9.17) is 16.3 Å². The smallest absolute Gasteiger partial charge is 0.0700 e. The van der Waals surface area contributed by atoms with Crippen molar-refractivity contribution in [2.45, 2.75) is 25.0 Å². The summed E-state index contributed by atoms with van der Waals surface area (Å²) < 4.78 is 6.41. The highest BCUT2D eigenvalue weighted by Crippen LogP contribution is 2.26. The van der Waals surface area contributed by atoms with Crippen molar-refractivity contribution >= 4 is 27.5 Å². The highest BCUT2D eigenvalue weighted by molar-refractivity contribution is 9.10. The molecule has 1 heterocycles. The summed E-state index contributed by atoms with van der Waals surface area (Å²) in [4.78, 5) is 0. The van der Waals surface area contributed by atoms with Crippen LogP contribution in [0.15, 0.2) is 22.7 Å². The van der Waals surface area contributed by atoms with Crippen LogP contribution < -0.4 is 5.32 Å². The van der Waals surface area contributed by atoms with Crippen molar-refractivity contribution in [3.63, 3.8) is 0 Å². The van der Waals surface area contributed by atoms with E-state index in [0.29, 0.717) is 5.02 Å². The molecule has 1 fully saturated rings. The molecule has 0 aromatic heterocycles. The van der Waals surface area contributed by atoms with Gasteiger partial charge in [0.05, 0.1) is 23.8 Å². The molecule has 0 spiro atoms. The highest BCUT2D eigenvalue weighted by atomic mass is 79.9. The Morgan fingerprint density at radius 1 is 1.56 bits per heavy atom. The first-order chi connectivity index (χ1) is 8.70. The molecule has 0 bridgehead atoms.